The molecular formula is C15H22N4O2. The zero-order chi connectivity index (χ0) is 15.1. The number of fused-ring (bicyclic) bond motifs is 1. The fraction of sp³-hybridized carbons (Fsp3) is 0.600. The fourth-order valence-corrected chi connectivity index (χ4v) is 3.31. The predicted octanol–water partition coefficient (Wildman–Crippen LogP) is 1.10. The van der Waals surface area contributed by atoms with Gasteiger partial charge in [-0.25, -0.2) is 0 Å². The van der Waals surface area contributed by atoms with Crippen LogP contribution in [0.4, 0.5) is 5.69 Å². The molecule has 114 valence electrons. The van der Waals surface area contributed by atoms with Crippen molar-refractivity contribution in [3.05, 3.63) is 18.0 Å². The highest BCUT2D eigenvalue weighted by Crippen LogP contribution is 2.25. The normalized spacial score (nSPS) is 22.0. The Morgan fingerprint density at radius 2 is 2.14 bits per heavy atom. The summed E-state index contributed by atoms with van der Waals surface area (Å²) < 4.78 is 1.92. The number of nitrogens with two attached hydrogens (primary N) is 1. The second-order valence-corrected chi connectivity index (χ2v) is 6.19. The number of hydrogen-bond donors (Lipinski definition) is 1. The first-order valence-corrected chi connectivity index (χ1v) is 7.53. The standard InChI is InChI=1S/C15H22N4O2/c1-10(2)19-8-11(16)7-13(19)15(21)17-5-6-18-12(9-17)3-4-14(18)20/h7-8,10,12H,3-6,9,16H2,1-2H3. The minimum Gasteiger partial charge on any atom is -0.397 e. The lowest BCUT2D eigenvalue weighted by Crippen LogP contribution is -2.53. The number of amides is 2. The maximum absolute atomic E-state index is 12.8. The van der Waals surface area contributed by atoms with Gasteiger partial charge in [-0.3, -0.25) is 9.59 Å². The summed E-state index contributed by atoms with van der Waals surface area (Å²) in [5, 5.41) is 0. The third-order valence-corrected chi connectivity index (χ3v) is 4.43. The zero-order valence-electron chi connectivity index (χ0n) is 12.6. The van der Waals surface area contributed by atoms with Crippen molar-refractivity contribution < 1.29 is 9.59 Å². The Hall–Kier alpha value is -1.98. The SMILES string of the molecule is CC(C)n1cc(N)cc1C(=O)N1CCN2C(=O)CCC2C1. The molecule has 2 fully saturated rings. The first-order valence-electron chi connectivity index (χ1n) is 7.53. The van der Waals surface area contributed by atoms with Crippen LogP contribution >= 0.6 is 0 Å². The smallest absolute Gasteiger partial charge is 0.270 e. The predicted molar refractivity (Wildman–Crippen MR) is 79.9 cm³/mol. The lowest BCUT2D eigenvalue weighted by molar-refractivity contribution is -0.130. The minimum atomic E-state index is 0.0133. The molecule has 1 aromatic heterocycles. The number of carbonyl (C=O) groups excluding carboxylic acids is 2. The van der Waals surface area contributed by atoms with Crippen molar-refractivity contribution in [1.82, 2.24) is 14.4 Å². The number of carbonyl (C=O) groups is 2. The summed E-state index contributed by atoms with van der Waals surface area (Å²) in [6, 6.07) is 2.12. The van der Waals surface area contributed by atoms with Gasteiger partial charge in [0.2, 0.25) is 5.91 Å². The third kappa shape index (κ3) is 2.39. The summed E-state index contributed by atoms with van der Waals surface area (Å²) in [4.78, 5) is 28.2. The van der Waals surface area contributed by atoms with Gasteiger partial charge >= 0.3 is 0 Å². The van der Waals surface area contributed by atoms with E-state index in [0.717, 1.165) is 6.42 Å². The monoisotopic (exact) mass is 290 g/mol. The molecule has 2 aliphatic rings. The van der Waals surface area contributed by atoms with Gasteiger partial charge in [-0.05, 0) is 26.3 Å². The summed E-state index contributed by atoms with van der Waals surface area (Å²) >= 11 is 0. The average molecular weight is 290 g/mol. The number of aromatic nitrogens is 1. The van der Waals surface area contributed by atoms with Crippen LogP contribution in [0.1, 0.15) is 43.2 Å². The Bertz CT molecular complexity index is 578. The fourth-order valence-electron chi connectivity index (χ4n) is 3.31. The Labute approximate surface area is 124 Å². The van der Waals surface area contributed by atoms with Crippen LogP contribution in [0.2, 0.25) is 0 Å². The third-order valence-electron chi connectivity index (χ3n) is 4.43. The van der Waals surface area contributed by atoms with E-state index < -0.39 is 0 Å². The van der Waals surface area contributed by atoms with E-state index >= 15 is 0 Å². The van der Waals surface area contributed by atoms with Gasteiger partial charge in [0.15, 0.2) is 0 Å². The Kier molecular flexibility index (Phi) is 3.39. The molecule has 0 spiro atoms. The highest BCUT2D eigenvalue weighted by Gasteiger charge is 2.37. The number of nitrogen functional groups attached to an aromatic ring is 1. The second kappa shape index (κ2) is 5.09. The van der Waals surface area contributed by atoms with Crippen LogP contribution in [0.3, 0.4) is 0 Å². The van der Waals surface area contributed by atoms with Gasteiger partial charge < -0.3 is 20.1 Å². The van der Waals surface area contributed by atoms with Gasteiger partial charge in [-0.2, -0.15) is 0 Å². The van der Waals surface area contributed by atoms with Gasteiger partial charge in [0.25, 0.3) is 5.91 Å². The summed E-state index contributed by atoms with van der Waals surface area (Å²) in [5.41, 5.74) is 7.10. The van der Waals surface area contributed by atoms with Crippen molar-refractivity contribution in [2.45, 2.75) is 38.8 Å². The molecule has 6 nitrogen and oxygen atoms in total. The van der Waals surface area contributed by atoms with E-state index in [4.69, 9.17) is 5.73 Å². The quantitative estimate of drug-likeness (QED) is 0.886. The molecule has 0 radical (unpaired) electrons. The number of piperazine rings is 1. The lowest BCUT2D eigenvalue weighted by atomic mass is 10.1. The summed E-state index contributed by atoms with van der Waals surface area (Å²) in [7, 11) is 0. The Morgan fingerprint density at radius 1 is 1.38 bits per heavy atom. The highest BCUT2D eigenvalue weighted by atomic mass is 16.2. The van der Waals surface area contributed by atoms with E-state index in [1.165, 1.54) is 0 Å². The molecule has 1 aromatic rings. The van der Waals surface area contributed by atoms with Crippen LogP contribution < -0.4 is 5.73 Å². The van der Waals surface area contributed by atoms with Crippen LogP contribution in [0, 0.1) is 0 Å². The molecule has 6 heteroatoms. The number of anilines is 1. The summed E-state index contributed by atoms with van der Waals surface area (Å²) in [6.07, 6.45) is 3.28. The molecule has 0 aliphatic carbocycles. The van der Waals surface area contributed by atoms with Crippen LogP contribution in [0.15, 0.2) is 12.3 Å². The first-order chi connectivity index (χ1) is 9.97. The molecule has 0 bridgehead atoms. The van der Waals surface area contributed by atoms with Crippen LogP contribution in [0.25, 0.3) is 0 Å². The van der Waals surface area contributed by atoms with Gasteiger partial charge in [-0.1, -0.05) is 0 Å². The number of rotatable bonds is 2. The molecular weight excluding hydrogens is 268 g/mol. The highest BCUT2D eigenvalue weighted by molar-refractivity contribution is 5.94. The minimum absolute atomic E-state index is 0.0133. The van der Waals surface area contributed by atoms with E-state index in [2.05, 4.69) is 0 Å². The second-order valence-electron chi connectivity index (χ2n) is 6.19. The van der Waals surface area contributed by atoms with Gasteiger partial charge in [-0.15, -0.1) is 0 Å². The van der Waals surface area contributed by atoms with Crippen molar-refractivity contribution in [3.8, 4) is 0 Å². The maximum atomic E-state index is 12.8. The molecule has 2 amide bonds. The molecule has 0 aromatic carbocycles. The molecule has 2 aliphatic heterocycles. The van der Waals surface area contributed by atoms with Crippen molar-refractivity contribution >= 4 is 17.5 Å². The zero-order valence-corrected chi connectivity index (χ0v) is 12.6. The Morgan fingerprint density at radius 3 is 2.86 bits per heavy atom. The molecule has 0 saturated carbocycles. The average Bonchev–Trinajstić information content (AvgIpc) is 3.01. The van der Waals surface area contributed by atoms with Gasteiger partial charge in [0.1, 0.15) is 5.69 Å². The van der Waals surface area contributed by atoms with Crippen molar-refractivity contribution in [3.63, 3.8) is 0 Å². The van der Waals surface area contributed by atoms with E-state index in [-0.39, 0.29) is 23.9 Å². The summed E-state index contributed by atoms with van der Waals surface area (Å²) in [5.74, 6) is 0.237. The van der Waals surface area contributed by atoms with E-state index in [1.54, 1.807) is 6.07 Å². The molecule has 1 atom stereocenters. The maximum Gasteiger partial charge on any atom is 0.270 e. The van der Waals surface area contributed by atoms with Gasteiger partial charge in [0.05, 0.1) is 5.69 Å². The molecule has 3 heterocycles. The van der Waals surface area contributed by atoms with Gasteiger partial charge in [0, 0.05) is 44.3 Å². The number of nitrogens with zero attached hydrogens (tertiary/aromatic N) is 3. The molecule has 21 heavy (non-hydrogen) atoms. The molecule has 2 N–H and O–H groups in total. The van der Waals surface area contributed by atoms with Crippen LogP contribution in [0.5, 0.6) is 0 Å². The van der Waals surface area contributed by atoms with Crippen molar-refractivity contribution in [1.29, 1.82) is 0 Å². The van der Waals surface area contributed by atoms with E-state index in [1.807, 2.05) is 34.4 Å². The largest absolute Gasteiger partial charge is 0.397 e. The van der Waals surface area contributed by atoms with Crippen molar-refractivity contribution in [2.24, 2.45) is 0 Å². The van der Waals surface area contributed by atoms with E-state index in [0.29, 0.717) is 37.4 Å². The summed E-state index contributed by atoms with van der Waals surface area (Å²) in [6.45, 7) is 5.94. The van der Waals surface area contributed by atoms with Crippen molar-refractivity contribution in [2.75, 3.05) is 25.4 Å². The molecule has 1 unspecified atom stereocenters. The lowest BCUT2D eigenvalue weighted by Gasteiger charge is -2.37. The Balaban J connectivity index is 1.79. The number of hydrogen-bond acceptors (Lipinski definition) is 3. The topological polar surface area (TPSA) is 71.6 Å². The van der Waals surface area contributed by atoms with Crippen LogP contribution in [-0.2, 0) is 4.79 Å². The van der Waals surface area contributed by atoms with Crippen LogP contribution in [-0.4, -0.2) is 51.9 Å². The molecule has 3 rings (SSSR count). The van der Waals surface area contributed by atoms with E-state index in [9.17, 15) is 9.59 Å². The first kappa shape index (κ1) is 14.0. The molecule has 2 saturated heterocycles.